The Kier molecular flexibility index (Phi) is 3.41. The minimum absolute atomic E-state index is 0.00856. The van der Waals surface area contributed by atoms with Gasteiger partial charge in [-0.1, -0.05) is 6.92 Å². The van der Waals surface area contributed by atoms with Crippen molar-refractivity contribution in [2.45, 2.75) is 13.3 Å². The van der Waals surface area contributed by atoms with Gasteiger partial charge in [0, 0.05) is 10.8 Å². The van der Waals surface area contributed by atoms with Crippen LogP contribution in [0.2, 0.25) is 0 Å². The van der Waals surface area contributed by atoms with E-state index in [9.17, 15) is 8.78 Å². The van der Waals surface area contributed by atoms with Gasteiger partial charge in [0.05, 0.1) is 13.7 Å². The van der Waals surface area contributed by atoms with Crippen molar-refractivity contribution in [3.05, 3.63) is 35.9 Å². The van der Waals surface area contributed by atoms with Gasteiger partial charge < -0.3 is 13.9 Å². The van der Waals surface area contributed by atoms with Crippen LogP contribution >= 0.6 is 0 Å². The van der Waals surface area contributed by atoms with Crippen LogP contribution < -0.4 is 9.47 Å². The topological polar surface area (TPSA) is 31.6 Å². The van der Waals surface area contributed by atoms with Gasteiger partial charge in [-0.2, -0.15) is 8.78 Å². The summed E-state index contributed by atoms with van der Waals surface area (Å²) in [5.74, 6) is -1.09. The van der Waals surface area contributed by atoms with E-state index in [2.05, 4.69) is 0 Å². The Morgan fingerprint density at radius 3 is 2.10 bits per heavy atom. The molecule has 0 aliphatic heterocycles. The molecule has 21 heavy (non-hydrogen) atoms. The fourth-order valence-electron chi connectivity index (χ4n) is 2.28. The Morgan fingerprint density at radius 2 is 1.52 bits per heavy atom. The van der Waals surface area contributed by atoms with Gasteiger partial charge in [-0.05, 0) is 30.7 Å². The van der Waals surface area contributed by atoms with E-state index in [4.69, 9.17) is 13.9 Å². The maximum Gasteiger partial charge on any atom is 0.208 e. The minimum atomic E-state index is -0.637. The Balaban J connectivity index is 2.25. The first-order valence-electron chi connectivity index (χ1n) is 6.67. The molecule has 1 aromatic heterocycles. The van der Waals surface area contributed by atoms with Crippen molar-refractivity contribution in [1.82, 2.24) is 0 Å². The van der Waals surface area contributed by atoms with Gasteiger partial charge in [-0.3, -0.25) is 0 Å². The molecular weight excluding hydrogens is 278 g/mol. The highest BCUT2D eigenvalue weighted by molar-refractivity contribution is 6.06. The van der Waals surface area contributed by atoms with E-state index in [1.165, 1.54) is 19.2 Å². The van der Waals surface area contributed by atoms with Gasteiger partial charge in [0.1, 0.15) is 0 Å². The van der Waals surface area contributed by atoms with E-state index in [0.717, 1.165) is 6.42 Å². The Morgan fingerprint density at radius 1 is 0.952 bits per heavy atom. The fourth-order valence-corrected chi connectivity index (χ4v) is 2.28. The molecule has 0 aliphatic carbocycles. The lowest BCUT2D eigenvalue weighted by atomic mass is 10.1. The Hall–Kier alpha value is -2.30. The summed E-state index contributed by atoms with van der Waals surface area (Å²) < 4.78 is 44.1. The van der Waals surface area contributed by atoms with E-state index >= 15 is 0 Å². The van der Waals surface area contributed by atoms with Crippen LogP contribution in [0.25, 0.3) is 21.9 Å². The molecule has 3 nitrogen and oxygen atoms in total. The summed E-state index contributed by atoms with van der Waals surface area (Å²) in [4.78, 5) is 0. The molecule has 110 valence electrons. The number of methoxy groups -OCH3 is 1. The zero-order chi connectivity index (χ0) is 15.0. The zero-order valence-corrected chi connectivity index (χ0v) is 11.7. The van der Waals surface area contributed by atoms with Crippen molar-refractivity contribution in [3.63, 3.8) is 0 Å². The molecule has 3 aromatic rings. The molecule has 0 aliphatic rings. The number of benzene rings is 2. The highest BCUT2D eigenvalue weighted by Gasteiger charge is 2.19. The normalized spacial score (nSPS) is 11.2. The monoisotopic (exact) mass is 292 g/mol. The Labute approximate surface area is 120 Å². The second-order valence-corrected chi connectivity index (χ2v) is 4.66. The third kappa shape index (κ3) is 2.09. The molecule has 0 N–H and O–H groups in total. The highest BCUT2D eigenvalue weighted by Crippen LogP contribution is 2.37. The van der Waals surface area contributed by atoms with Gasteiger partial charge in [-0.25, -0.2) is 0 Å². The molecule has 2 aromatic carbocycles. The first-order chi connectivity index (χ1) is 10.2. The molecule has 0 unspecified atom stereocenters. The smallest absolute Gasteiger partial charge is 0.208 e. The summed E-state index contributed by atoms with van der Waals surface area (Å²) >= 11 is 0. The maximum absolute atomic E-state index is 14.4. The first-order valence-corrected chi connectivity index (χ1v) is 6.67. The second-order valence-electron chi connectivity index (χ2n) is 4.66. The molecule has 0 spiro atoms. The van der Waals surface area contributed by atoms with E-state index in [0.29, 0.717) is 17.4 Å². The summed E-state index contributed by atoms with van der Waals surface area (Å²) in [5, 5.41) is 1.01. The van der Waals surface area contributed by atoms with Crippen molar-refractivity contribution in [3.8, 4) is 11.5 Å². The lowest BCUT2D eigenvalue weighted by Gasteiger charge is -2.05. The molecule has 0 fully saturated rings. The van der Waals surface area contributed by atoms with Crippen LogP contribution in [0, 0.1) is 11.6 Å². The Bertz CT molecular complexity index is 808. The van der Waals surface area contributed by atoms with Crippen LogP contribution in [-0.2, 0) is 0 Å². The van der Waals surface area contributed by atoms with Crippen LogP contribution in [-0.4, -0.2) is 13.7 Å². The number of furan rings is 1. The van der Waals surface area contributed by atoms with Gasteiger partial charge >= 0.3 is 0 Å². The molecule has 0 radical (unpaired) electrons. The molecule has 1 heterocycles. The molecule has 3 rings (SSSR count). The van der Waals surface area contributed by atoms with Gasteiger partial charge in [-0.15, -0.1) is 0 Å². The SMILES string of the molecule is CCCOc1ccc2c(oc3c(F)c(OC)ccc32)c1F. The summed E-state index contributed by atoms with van der Waals surface area (Å²) in [5.41, 5.74) is -0.0263. The first kappa shape index (κ1) is 13.7. The summed E-state index contributed by atoms with van der Waals surface area (Å²) in [6.07, 6.45) is 0.767. The third-order valence-electron chi connectivity index (χ3n) is 3.30. The van der Waals surface area contributed by atoms with Crippen molar-refractivity contribution in [1.29, 1.82) is 0 Å². The number of hydrogen-bond acceptors (Lipinski definition) is 3. The lowest BCUT2D eigenvalue weighted by Crippen LogP contribution is -1.97. The summed E-state index contributed by atoms with van der Waals surface area (Å²) in [7, 11) is 1.37. The molecular formula is C16H14F2O3. The van der Waals surface area contributed by atoms with Gasteiger partial charge in [0.2, 0.25) is 11.6 Å². The van der Waals surface area contributed by atoms with Crippen molar-refractivity contribution in [2.24, 2.45) is 0 Å². The largest absolute Gasteiger partial charge is 0.494 e. The molecule has 0 atom stereocenters. The molecule has 0 amide bonds. The van der Waals surface area contributed by atoms with Gasteiger partial charge in [0.15, 0.2) is 22.7 Å². The number of ether oxygens (including phenoxy) is 2. The lowest BCUT2D eigenvalue weighted by molar-refractivity contribution is 0.301. The molecule has 0 saturated heterocycles. The second kappa shape index (κ2) is 5.24. The van der Waals surface area contributed by atoms with Crippen LogP contribution in [0.15, 0.2) is 28.7 Å². The van der Waals surface area contributed by atoms with Crippen molar-refractivity contribution in [2.75, 3.05) is 13.7 Å². The van der Waals surface area contributed by atoms with Crippen LogP contribution in [0.4, 0.5) is 8.78 Å². The quantitative estimate of drug-likeness (QED) is 0.700. The van der Waals surface area contributed by atoms with E-state index < -0.39 is 11.6 Å². The van der Waals surface area contributed by atoms with Crippen LogP contribution in [0.3, 0.4) is 0 Å². The van der Waals surface area contributed by atoms with Crippen LogP contribution in [0.5, 0.6) is 11.5 Å². The predicted octanol–water partition coefficient (Wildman–Crippen LogP) is 4.66. The fraction of sp³-hybridized carbons (Fsp3) is 0.250. The summed E-state index contributed by atoms with van der Waals surface area (Å²) in [6, 6.07) is 6.34. The van der Waals surface area contributed by atoms with E-state index in [1.807, 2.05) is 6.92 Å². The van der Waals surface area contributed by atoms with E-state index in [-0.39, 0.29) is 22.7 Å². The molecule has 5 heteroatoms. The van der Waals surface area contributed by atoms with Gasteiger partial charge in [0.25, 0.3) is 0 Å². The average Bonchev–Trinajstić information content (AvgIpc) is 2.88. The number of rotatable bonds is 4. The van der Waals surface area contributed by atoms with Crippen molar-refractivity contribution < 1.29 is 22.7 Å². The maximum atomic E-state index is 14.4. The number of fused-ring (bicyclic) bond motifs is 3. The molecule has 0 saturated carbocycles. The standard InChI is InChI=1S/C16H14F2O3/c1-3-8-20-12-7-5-10-9-4-6-11(19-2)13(17)15(9)21-16(10)14(12)18/h4-7H,3,8H2,1-2H3. The van der Waals surface area contributed by atoms with Crippen molar-refractivity contribution >= 4 is 21.9 Å². The molecule has 0 bridgehead atoms. The van der Waals surface area contributed by atoms with Crippen LogP contribution in [0.1, 0.15) is 13.3 Å². The number of halogens is 2. The highest BCUT2D eigenvalue weighted by atomic mass is 19.1. The summed E-state index contributed by atoms with van der Waals surface area (Å²) in [6.45, 7) is 2.34. The minimum Gasteiger partial charge on any atom is -0.494 e. The number of hydrogen-bond donors (Lipinski definition) is 0. The predicted molar refractivity (Wildman–Crippen MR) is 76.0 cm³/mol. The zero-order valence-electron chi connectivity index (χ0n) is 11.7. The average molecular weight is 292 g/mol. The van der Waals surface area contributed by atoms with E-state index in [1.54, 1.807) is 12.1 Å². The third-order valence-corrected chi connectivity index (χ3v) is 3.30.